The number of carbonyl (C=O) groups is 1. The zero-order chi connectivity index (χ0) is 18.8. The molecule has 0 saturated carbocycles. The molecule has 1 unspecified atom stereocenters. The van der Waals surface area contributed by atoms with E-state index < -0.39 is 0 Å². The number of amides is 1. The monoisotopic (exact) mass is 362 g/mol. The third-order valence-corrected chi connectivity index (χ3v) is 5.10. The van der Waals surface area contributed by atoms with Crippen LogP contribution in [0, 0.1) is 0 Å². The Balaban J connectivity index is 1.54. The van der Waals surface area contributed by atoms with Crippen LogP contribution < -0.4 is 5.73 Å². The molecule has 1 atom stereocenters. The van der Waals surface area contributed by atoms with Crippen LogP contribution in [0.5, 0.6) is 0 Å². The minimum Gasteiger partial charge on any atom is -0.368 e. The summed E-state index contributed by atoms with van der Waals surface area (Å²) in [6, 6.07) is 15.9. The summed E-state index contributed by atoms with van der Waals surface area (Å²) < 4.78 is 5.44. The van der Waals surface area contributed by atoms with Crippen molar-refractivity contribution in [3.05, 3.63) is 71.1 Å². The van der Waals surface area contributed by atoms with Gasteiger partial charge >= 0.3 is 0 Å². The molecular weight excluding hydrogens is 340 g/mol. The molecule has 138 valence electrons. The average molecular weight is 362 g/mol. The van der Waals surface area contributed by atoms with Gasteiger partial charge in [0.1, 0.15) is 0 Å². The summed E-state index contributed by atoms with van der Waals surface area (Å²) in [6.45, 7) is 3.14. The number of nitrogens with two attached hydrogens (primary N) is 1. The molecule has 0 fully saturated rings. The summed E-state index contributed by atoms with van der Waals surface area (Å²) in [5, 5.41) is 4.09. The molecule has 27 heavy (non-hydrogen) atoms. The molecule has 2 N–H and O–H groups in total. The molecule has 1 amide bonds. The van der Waals surface area contributed by atoms with E-state index in [0.29, 0.717) is 31.2 Å². The second-order valence-corrected chi connectivity index (χ2v) is 6.86. The molecule has 0 aliphatic carbocycles. The topological polar surface area (TPSA) is 85.3 Å². The smallest absolute Gasteiger partial charge is 0.241 e. The highest BCUT2D eigenvalue weighted by molar-refractivity contribution is 5.80. The number of fused-ring (bicyclic) bond motifs is 1. The van der Waals surface area contributed by atoms with Gasteiger partial charge in [0.2, 0.25) is 17.6 Å². The number of benzene rings is 2. The molecule has 0 spiro atoms. The largest absolute Gasteiger partial charge is 0.368 e. The Morgan fingerprint density at radius 3 is 2.63 bits per heavy atom. The fourth-order valence-corrected chi connectivity index (χ4v) is 3.52. The highest BCUT2D eigenvalue weighted by atomic mass is 16.5. The Hall–Kier alpha value is -2.99. The zero-order valence-corrected chi connectivity index (χ0v) is 15.3. The third kappa shape index (κ3) is 3.61. The fourth-order valence-electron chi connectivity index (χ4n) is 3.52. The van der Waals surface area contributed by atoms with E-state index in [1.807, 2.05) is 35.2 Å². The van der Waals surface area contributed by atoms with Gasteiger partial charge in [0.05, 0.1) is 12.6 Å². The number of carbonyl (C=O) groups excluding carboxylic acids is 1. The second-order valence-electron chi connectivity index (χ2n) is 6.86. The number of hydrogen-bond donors (Lipinski definition) is 1. The van der Waals surface area contributed by atoms with Crippen molar-refractivity contribution in [3.63, 3.8) is 0 Å². The lowest BCUT2D eigenvalue weighted by Crippen LogP contribution is -2.48. The van der Waals surface area contributed by atoms with E-state index in [0.717, 1.165) is 12.0 Å². The lowest BCUT2D eigenvalue weighted by Gasteiger charge is -2.33. The van der Waals surface area contributed by atoms with Gasteiger partial charge in [-0.25, -0.2) is 0 Å². The highest BCUT2D eigenvalue weighted by Crippen LogP contribution is 2.25. The lowest BCUT2D eigenvalue weighted by molar-refractivity contribution is -0.124. The van der Waals surface area contributed by atoms with E-state index in [2.05, 4.69) is 35.3 Å². The SMILES string of the molecule is CCc1ccc(-c2noc(CN3Cc4ccccc4CC3C(N)=O)n2)cc1. The van der Waals surface area contributed by atoms with Gasteiger partial charge in [0.25, 0.3) is 0 Å². The van der Waals surface area contributed by atoms with Crippen LogP contribution in [0.2, 0.25) is 0 Å². The molecule has 2 heterocycles. The summed E-state index contributed by atoms with van der Waals surface area (Å²) in [5.41, 5.74) is 10.2. The van der Waals surface area contributed by atoms with Crippen LogP contribution >= 0.6 is 0 Å². The number of nitrogens with zero attached hydrogens (tertiary/aromatic N) is 3. The summed E-state index contributed by atoms with van der Waals surface area (Å²) in [7, 11) is 0. The third-order valence-electron chi connectivity index (χ3n) is 5.10. The van der Waals surface area contributed by atoms with Crippen molar-refractivity contribution >= 4 is 5.91 Å². The normalized spacial score (nSPS) is 16.9. The van der Waals surface area contributed by atoms with Crippen LogP contribution in [0.3, 0.4) is 0 Å². The van der Waals surface area contributed by atoms with Gasteiger partial charge in [-0.05, 0) is 29.5 Å². The predicted molar refractivity (Wildman–Crippen MR) is 101 cm³/mol. The first kappa shape index (κ1) is 17.4. The lowest BCUT2D eigenvalue weighted by atomic mass is 9.93. The van der Waals surface area contributed by atoms with E-state index in [-0.39, 0.29) is 11.9 Å². The minimum atomic E-state index is -0.376. The van der Waals surface area contributed by atoms with Gasteiger partial charge in [0.15, 0.2) is 0 Å². The minimum absolute atomic E-state index is 0.334. The van der Waals surface area contributed by atoms with E-state index in [9.17, 15) is 4.79 Å². The molecule has 0 radical (unpaired) electrons. The number of hydrogen-bond acceptors (Lipinski definition) is 5. The highest BCUT2D eigenvalue weighted by Gasteiger charge is 2.31. The van der Waals surface area contributed by atoms with Gasteiger partial charge in [0, 0.05) is 12.1 Å². The maximum absolute atomic E-state index is 12.0. The number of rotatable bonds is 5. The summed E-state index contributed by atoms with van der Waals surface area (Å²) >= 11 is 0. The Labute approximate surface area is 158 Å². The maximum Gasteiger partial charge on any atom is 0.241 e. The van der Waals surface area contributed by atoms with E-state index >= 15 is 0 Å². The first-order chi connectivity index (χ1) is 13.1. The number of aryl methyl sites for hydroxylation is 1. The van der Waals surface area contributed by atoms with E-state index in [1.54, 1.807) is 0 Å². The van der Waals surface area contributed by atoms with Crippen LogP contribution in [0.25, 0.3) is 11.4 Å². The van der Waals surface area contributed by atoms with Crippen molar-refractivity contribution in [2.75, 3.05) is 0 Å². The van der Waals surface area contributed by atoms with E-state index in [4.69, 9.17) is 10.3 Å². The second kappa shape index (κ2) is 7.32. The Morgan fingerprint density at radius 1 is 1.19 bits per heavy atom. The molecule has 2 aromatic carbocycles. The van der Waals surface area contributed by atoms with Crippen molar-refractivity contribution in [1.29, 1.82) is 0 Å². The molecule has 1 aliphatic heterocycles. The molecule has 3 aromatic rings. The number of primary amides is 1. The van der Waals surface area contributed by atoms with Crippen molar-refractivity contribution in [1.82, 2.24) is 15.0 Å². The van der Waals surface area contributed by atoms with Gasteiger partial charge in [-0.2, -0.15) is 4.98 Å². The van der Waals surface area contributed by atoms with Gasteiger partial charge in [-0.3, -0.25) is 9.69 Å². The van der Waals surface area contributed by atoms with Crippen molar-refractivity contribution in [2.45, 2.75) is 38.9 Å². The maximum atomic E-state index is 12.0. The summed E-state index contributed by atoms with van der Waals surface area (Å²) in [4.78, 5) is 18.5. The van der Waals surface area contributed by atoms with Crippen LogP contribution in [-0.2, 0) is 30.7 Å². The summed E-state index contributed by atoms with van der Waals surface area (Å²) in [5.74, 6) is 0.704. The van der Waals surface area contributed by atoms with Crippen molar-refractivity contribution in [3.8, 4) is 11.4 Å². The van der Waals surface area contributed by atoms with Crippen LogP contribution in [0.1, 0.15) is 29.5 Å². The molecule has 1 aromatic heterocycles. The standard InChI is InChI=1S/C21H22N4O2/c1-2-14-7-9-15(10-8-14)21-23-19(27-24-21)13-25-12-17-6-4-3-5-16(17)11-18(25)20(22)26/h3-10,18H,2,11-13H2,1H3,(H2,22,26). The molecule has 0 saturated heterocycles. The van der Waals surface area contributed by atoms with Crippen LogP contribution in [0.4, 0.5) is 0 Å². The molecule has 6 nitrogen and oxygen atoms in total. The quantitative estimate of drug-likeness (QED) is 0.754. The first-order valence-corrected chi connectivity index (χ1v) is 9.16. The fraction of sp³-hybridized carbons (Fsp3) is 0.286. The van der Waals surface area contributed by atoms with Gasteiger partial charge in [-0.1, -0.05) is 60.6 Å². The first-order valence-electron chi connectivity index (χ1n) is 9.16. The van der Waals surface area contributed by atoms with Gasteiger partial charge in [-0.15, -0.1) is 0 Å². The number of aromatic nitrogens is 2. The molecule has 6 heteroatoms. The average Bonchev–Trinajstić information content (AvgIpc) is 3.16. The predicted octanol–water partition coefficient (Wildman–Crippen LogP) is 2.71. The zero-order valence-electron chi connectivity index (χ0n) is 15.3. The molecular formula is C21H22N4O2. The van der Waals surface area contributed by atoms with Gasteiger partial charge < -0.3 is 10.3 Å². The summed E-state index contributed by atoms with van der Waals surface area (Å²) in [6.07, 6.45) is 1.59. The van der Waals surface area contributed by atoms with Crippen LogP contribution in [-0.4, -0.2) is 27.0 Å². The molecule has 4 rings (SSSR count). The molecule has 1 aliphatic rings. The van der Waals surface area contributed by atoms with Crippen LogP contribution in [0.15, 0.2) is 53.1 Å². The Kier molecular flexibility index (Phi) is 4.73. The Morgan fingerprint density at radius 2 is 1.93 bits per heavy atom. The Bertz CT molecular complexity index is 949. The van der Waals surface area contributed by atoms with E-state index in [1.165, 1.54) is 16.7 Å². The van der Waals surface area contributed by atoms with Crippen molar-refractivity contribution < 1.29 is 9.32 Å². The van der Waals surface area contributed by atoms with Crippen molar-refractivity contribution in [2.24, 2.45) is 5.73 Å². The molecule has 0 bridgehead atoms.